The van der Waals surface area contributed by atoms with Gasteiger partial charge in [0, 0.05) is 27.2 Å². The van der Waals surface area contributed by atoms with Gasteiger partial charge in [-0.2, -0.15) is 0 Å². The average molecular weight is 314 g/mol. The van der Waals surface area contributed by atoms with Crippen molar-refractivity contribution in [1.29, 1.82) is 0 Å². The van der Waals surface area contributed by atoms with Gasteiger partial charge < -0.3 is 16.0 Å². The summed E-state index contributed by atoms with van der Waals surface area (Å²) in [6.07, 6.45) is 0.713. The number of benzene rings is 1. The molecule has 21 heavy (non-hydrogen) atoms. The van der Waals surface area contributed by atoms with Gasteiger partial charge in [-0.25, -0.2) is 17.9 Å². The maximum Gasteiger partial charge on any atom is 0.316 e. The lowest BCUT2D eigenvalue weighted by Gasteiger charge is -2.12. The Labute approximate surface area is 125 Å². The van der Waals surface area contributed by atoms with Crippen LogP contribution in [-0.4, -0.2) is 53.1 Å². The molecule has 0 atom stereocenters. The second-order valence-electron chi connectivity index (χ2n) is 4.71. The number of carbonyl (C=O) groups is 1. The molecule has 0 radical (unpaired) electrons. The molecule has 0 aliphatic heterocycles. The first-order chi connectivity index (χ1) is 9.86. The quantitative estimate of drug-likeness (QED) is 0.603. The summed E-state index contributed by atoms with van der Waals surface area (Å²) in [5.74, 6) is 0. The molecule has 0 unspecified atom stereocenters. The van der Waals surface area contributed by atoms with Crippen LogP contribution in [0, 0.1) is 0 Å². The van der Waals surface area contributed by atoms with Gasteiger partial charge in [0.2, 0.25) is 10.0 Å². The molecule has 0 saturated heterocycles. The van der Waals surface area contributed by atoms with Crippen LogP contribution in [-0.2, 0) is 16.4 Å². The van der Waals surface area contributed by atoms with E-state index in [2.05, 4.69) is 10.0 Å². The summed E-state index contributed by atoms with van der Waals surface area (Å²) in [5, 5.41) is 2.58. The number of urea groups is 1. The normalized spacial score (nSPS) is 11.2. The van der Waals surface area contributed by atoms with E-state index in [1.807, 2.05) is 0 Å². The number of nitrogens with one attached hydrogen (secondary N) is 2. The summed E-state index contributed by atoms with van der Waals surface area (Å²) in [6.45, 7) is 0.879. The molecule has 0 saturated carbocycles. The third-order valence-corrected chi connectivity index (χ3v) is 4.24. The van der Waals surface area contributed by atoms with Crippen molar-refractivity contribution in [2.75, 3.05) is 33.7 Å². The maximum atomic E-state index is 12.0. The molecule has 0 spiro atoms. The predicted molar refractivity (Wildman–Crippen MR) is 81.5 cm³/mol. The number of nitrogens with zero attached hydrogens (tertiary/aromatic N) is 1. The Bertz CT molecular complexity index is 555. The highest BCUT2D eigenvalue weighted by Crippen LogP contribution is 2.10. The van der Waals surface area contributed by atoms with Crippen molar-refractivity contribution < 1.29 is 13.2 Å². The van der Waals surface area contributed by atoms with Gasteiger partial charge in [0.15, 0.2) is 0 Å². The Hall–Kier alpha value is -1.64. The maximum absolute atomic E-state index is 12.0. The fourth-order valence-electron chi connectivity index (χ4n) is 1.60. The van der Waals surface area contributed by atoms with Crippen LogP contribution < -0.4 is 15.8 Å². The zero-order chi connectivity index (χ0) is 15.9. The van der Waals surface area contributed by atoms with Gasteiger partial charge in [0.05, 0.1) is 4.90 Å². The van der Waals surface area contributed by atoms with E-state index in [4.69, 9.17) is 5.73 Å². The van der Waals surface area contributed by atoms with Crippen molar-refractivity contribution >= 4 is 16.1 Å². The van der Waals surface area contributed by atoms with Gasteiger partial charge in [-0.05, 0) is 30.7 Å². The largest absolute Gasteiger partial charge is 0.337 e. The lowest BCUT2D eigenvalue weighted by atomic mass is 10.2. The number of hydrogen-bond donors (Lipinski definition) is 3. The van der Waals surface area contributed by atoms with Gasteiger partial charge in [0.25, 0.3) is 0 Å². The van der Waals surface area contributed by atoms with Crippen LogP contribution in [0.5, 0.6) is 0 Å². The number of amides is 2. The van der Waals surface area contributed by atoms with Crippen LogP contribution >= 0.6 is 0 Å². The summed E-state index contributed by atoms with van der Waals surface area (Å²) in [4.78, 5) is 12.8. The SMILES string of the molecule is CN(C)C(=O)NCCNS(=O)(=O)c1ccc(CCN)cc1. The van der Waals surface area contributed by atoms with Gasteiger partial charge in [-0.3, -0.25) is 0 Å². The van der Waals surface area contributed by atoms with E-state index in [0.717, 1.165) is 5.56 Å². The molecule has 0 aliphatic rings. The highest BCUT2D eigenvalue weighted by molar-refractivity contribution is 7.89. The van der Waals surface area contributed by atoms with Crippen LogP contribution in [0.25, 0.3) is 0 Å². The van der Waals surface area contributed by atoms with Crippen LogP contribution in [0.2, 0.25) is 0 Å². The van der Waals surface area contributed by atoms with Crippen LogP contribution in [0.15, 0.2) is 29.2 Å². The van der Waals surface area contributed by atoms with Crippen molar-refractivity contribution in [3.05, 3.63) is 29.8 Å². The monoisotopic (exact) mass is 314 g/mol. The van der Waals surface area contributed by atoms with Gasteiger partial charge in [-0.15, -0.1) is 0 Å². The number of sulfonamides is 1. The predicted octanol–water partition coefficient (Wildman–Crippen LogP) is -0.263. The highest BCUT2D eigenvalue weighted by atomic mass is 32.2. The van der Waals surface area contributed by atoms with Crippen molar-refractivity contribution in [2.24, 2.45) is 5.73 Å². The number of nitrogens with two attached hydrogens (primary N) is 1. The molecule has 0 aromatic heterocycles. The second-order valence-corrected chi connectivity index (χ2v) is 6.47. The summed E-state index contributed by atoms with van der Waals surface area (Å²) in [5.41, 5.74) is 6.44. The Balaban J connectivity index is 2.51. The molecule has 4 N–H and O–H groups in total. The minimum atomic E-state index is -3.56. The summed E-state index contributed by atoms with van der Waals surface area (Å²) in [7, 11) is -0.329. The Morgan fingerprint density at radius 3 is 2.33 bits per heavy atom. The van der Waals surface area contributed by atoms with Gasteiger partial charge in [-0.1, -0.05) is 12.1 Å². The molecule has 0 aliphatic carbocycles. The van der Waals surface area contributed by atoms with Crippen molar-refractivity contribution in [1.82, 2.24) is 14.9 Å². The minimum Gasteiger partial charge on any atom is -0.337 e. The van der Waals surface area contributed by atoms with Crippen LogP contribution in [0.1, 0.15) is 5.56 Å². The summed E-state index contributed by atoms with van der Waals surface area (Å²) in [6, 6.07) is 6.32. The highest BCUT2D eigenvalue weighted by Gasteiger charge is 2.13. The van der Waals surface area contributed by atoms with E-state index in [9.17, 15) is 13.2 Å². The Kier molecular flexibility index (Phi) is 6.60. The zero-order valence-corrected chi connectivity index (χ0v) is 13.1. The molecule has 0 bridgehead atoms. The molecule has 7 nitrogen and oxygen atoms in total. The lowest BCUT2D eigenvalue weighted by molar-refractivity contribution is 0.217. The molecular weight excluding hydrogens is 292 g/mol. The van der Waals surface area contributed by atoms with Crippen molar-refractivity contribution in [2.45, 2.75) is 11.3 Å². The van der Waals surface area contributed by atoms with E-state index in [1.165, 1.54) is 4.90 Å². The Morgan fingerprint density at radius 1 is 1.19 bits per heavy atom. The second kappa shape index (κ2) is 7.96. The summed E-state index contributed by atoms with van der Waals surface area (Å²) >= 11 is 0. The topological polar surface area (TPSA) is 105 Å². The number of rotatable bonds is 7. The first-order valence-electron chi connectivity index (χ1n) is 6.60. The van der Waals surface area contributed by atoms with Crippen molar-refractivity contribution in [3.8, 4) is 0 Å². The number of hydrogen-bond acceptors (Lipinski definition) is 4. The molecule has 118 valence electrons. The average Bonchev–Trinajstić information content (AvgIpc) is 2.44. The third-order valence-electron chi connectivity index (χ3n) is 2.77. The standard InChI is InChI=1S/C13H22N4O3S/c1-17(2)13(18)15-9-10-16-21(19,20)12-5-3-11(4-6-12)7-8-14/h3-6,16H,7-10,14H2,1-2H3,(H,15,18). The molecule has 1 aromatic rings. The fourth-order valence-corrected chi connectivity index (χ4v) is 2.63. The van der Waals surface area contributed by atoms with E-state index < -0.39 is 10.0 Å². The molecule has 0 heterocycles. The minimum absolute atomic E-state index is 0.131. The molecule has 8 heteroatoms. The van der Waals surface area contributed by atoms with E-state index in [0.29, 0.717) is 13.0 Å². The molecule has 0 fully saturated rings. The Morgan fingerprint density at radius 2 is 1.81 bits per heavy atom. The lowest BCUT2D eigenvalue weighted by Crippen LogP contribution is -2.39. The van der Waals surface area contributed by atoms with E-state index >= 15 is 0 Å². The fraction of sp³-hybridized carbons (Fsp3) is 0.462. The van der Waals surface area contributed by atoms with Crippen LogP contribution in [0.3, 0.4) is 0 Å². The molecular formula is C13H22N4O3S. The molecule has 1 aromatic carbocycles. The molecule has 2 amide bonds. The van der Waals surface area contributed by atoms with Gasteiger partial charge >= 0.3 is 6.03 Å². The summed E-state index contributed by atoms with van der Waals surface area (Å²) < 4.78 is 26.5. The number of carbonyl (C=O) groups excluding carboxylic acids is 1. The van der Waals surface area contributed by atoms with Crippen LogP contribution in [0.4, 0.5) is 4.79 Å². The third kappa shape index (κ3) is 5.70. The zero-order valence-electron chi connectivity index (χ0n) is 12.3. The first-order valence-corrected chi connectivity index (χ1v) is 8.09. The van der Waals surface area contributed by atoms with E-state index in [-0.39, 0.29) is 24.0 Å². The molecule has 1 rings (SSSR count). The first kappa shape index (κ1) is 17.4. The van der Waals surface area contributed by atoms with Gasteiger partial charge in [0.1, 0.15) is 0 Å². The van der Waals surface area contributed by atoms with E-state index in [1.54, 1.807) is 38.4 Å². The smallest absolute Gasteiger partial charge is 0.316 e. The van der Waals surface area contributed by atoms with Crippen molar-refractivity contribution in [3.63, 3.8) is 0 Å².